The number of benzene rings is 3. The molecule has 1 heterocycles. The van der Waals surface area contributed by atoms with E-state index in [0.29, 0.717) is 32.3 Å². The van der Waals surface area contributed by atoms with Gasteiger partial charge in [0.1, 0.15) is 5.69 Å². The summed E-state index contributed by atoms with van der Waals surface area (Å²) in [4.78, 5) is 41.4. The predicted molar refractivity (Wildman–Crippen MR) is 134 cm³/mol. The molecular formula is C24H19ClN4O4S. The van der Waals surface area contributed by atoms with E-state index in [9.17, 15) is 19.7 Å². The van der Waals surface area contributed by atoms with Crippen LogP contribution in [0.4, 0.5) is 11.4 Å². The minimum absolute atomic E-state index is 0.107. The molecule has 0 unspecified atom stereocenters. The number of fused-ring (bicyclic) bond motifs is 1. The van der Waals surface area contributed by atoms with E-state index in [2.05, 4.69) is 10.3 Å². The molecule has 0 radical (unpaired) electrons. The summed E-state index contributed by atoms with van der Waals surface area (Å²) >= 11 is 7.35. The van der Waals surface area contributed by atoms with Crippen LogP contribution in [0.3, 0.4) is 0 Å². The number of nitro benzene ring substituents is 1. The van der Waals surface area contributed by atoms with E-state index in [1.54, 1.807) is 55.5 Å². The van der Waals surface area contributed by atoms with Crippen molar-refractivity contribution < 1.29 is 9.72 Å². The molecule has 4 rings (SSSR count). The van der Waals surface area contributed by atoms with Crippen LogP contribution in [0.5, 0.6) is 0 Å². The van der Waals surface area contributed by atoms with E-state index < -0.39 is 10.8 Å². The number of anilines is 1. The average molecular weight is 495 g/mol. The van der Waals surface area contributed by atoms with Crippen LogP contribution in [-0.2, 0) is 4.79 Å². The molecule has 1 amide bonds. The van der Waals surface area contributed by atoms with Crippen molar-refractivity contribution in [3.63, 3.8) is 0 Å². The van der Waals surface area contributed by atoms with Crippen LogP contribution < -0.4 is 10.9 Å². The van der Waals surface area contributed by atoms with Crippen LogP contribution >= 0.6 is 23.4 Å². The summed E-state index contributed by atoms with van der Waals surface area (Å²) in [7, 11) is 0. The van der Waals surface area contributed by atoms with E-state index in [-0.39, 0.29) is 22.7 Å². The second-order valence-electron chi connectivity index (χ2n) is 7.60. The maximum atomic E-state index is 13.3. The Labute approximate surface area is 203 Å². The Bertz CT molecular complexity index is 1500. The molecule has 0 atom stereocenters. The highest BCUT2D eigenvalue weighted by molar-refractivity contribution is 7.99. The third-order valence-electron chi connectivity index (χ3n) is 5.11. The zero-order valence-corrected chi connectivity index (χ0v) is 19.8. The van der Waals surface area contributed by atoms with Gasteiger partial charge in [-0.15, -0.1) is 0 Å². The second-order valence-corrected chi connectivity index (χ2v) is 8.95. The minimum Gasteiger partial charge on any atom is -0.320 e. The van der Waals surface area contributed by atoms with Gasteiger partial charge in [0.05, 0.1) is 27.3 Å². The molecule has 4 aromatic rings. The Hall–Kier alpha value is -3.69. The number of aryl methyl sites for hydroxylation is 2. The third kappa shape index (κ3) is 4.80. The zero-order chi connectivity index (χ0) is 24.4. The van der Waals surface area contributed by atoms with E-state index in [1.165, 1.54) is 16.7 Å². The number of nitrogens with one attached hydrogen (secondary N) is 1. The number of carbonyl (C=O) groups is 1. The number of carbonyl (C=O) groups excluding carboxylic acids is 1. The first kappa shape index (κ1) is 23.5. The summed E-state index contributed by atoms with van der Waals surface area (Å²) < 4.78 is 1.42. The Balaban J connectivity index is 1.68. The predicted octanol–water partition coefficient (Wildman–Crippen LogP) is 5.29. The van der Waals surface area contributed by atoms with E-state index in [4.69, 9.17) is 11.6 Å². The van der Waals surface area contributed by atoms with Crippen molar-refractivity contribution in [3.05, 3.63) is 97.3 Å². The summed E-state index contributed by atoms with van der Waals surface area (Å²) in [5.41, 5.74) is 2.22. The molecule has 8 nitrogen and oxygen atoms in total. The maximum Gasteiger partial charge on any atom is 0.293 e. The number of nitro groups is 1. The zero-order valence-electron chi connectivity index (χ0n) is 18.2. The fraction of sp³-hybridized carbons (Fsp3) is 0.125. The van der Waals surface area contributed by atoms with Crippen molar-refractivity contribution >= 4 is 51.5 Å². The first-order valence-electron chi connectivity index (χ1n) is 10.2. The lowest BCUT2D eigenvalue weighted by Gasteiger charge is -2.14. The lowest BCUT2D eigenvalue weighted by molar-refractivity contribution is -0.384. The van der Waals surface area contributed by atoms with Crippen molar-refractivity contribution in [2.45, 2.75) is 19.0 Å². The first-order valence-corrected chi connectivity index (χ1v) is 11.6. The van der Waals surface area contributed by atoms with Gasteiger partial charge in [0.25, 0.3) is 11.2 Å². The van der Waals surface area contributed by atoms with E-state index in [1.807, 2.05) is 6.92 Å². The summed E-state index contributed by atoms with van der Waals surface area (Å²) in [6.45, 7) is 3.59. The highest BCUT2D eigenvalue weighted by Gasteiger charge is 2.18. The smallest absolute Gasteiger partial charge is 0.293 e. The van der Waals surface area contributed by atoms with Gasteiger partial charge in [-0.05, 0) is 55.3 Å². The van der Waals surface area contributed by atoms with Crippen molar-refractivity contribution in [2.75, 3.05) is 11.1 Å². The van der Waals surface area contributed by atoms with Gasteiger partial charge in [-0.25, -0.2) is 4.98 Å². The first-order chi connectivity index (χ1) is 16.2. The molecule has 0 aliphatic heterocycles. The van der Waals surface area contributed by atoms with Crippen molar-refractivity contribution in [3.8, 4) is 5.69 Å². The van der Waals surface area contributed by atoms with Crippen molar-refractivity contribution in [1.29, 1.82) is 0 Å². The number of aromatic nitrogens is 2. The molecule has 0 fully saturated rings. The lowest BCUT2D eigenvalue weighted by Crippen LogP contribution is -2.23. The van der Waals surface area contributed by atoms with Gasteiger partial charge >= 0.3 is 0 Å². The van der Waals surface area contributed by atoms with E-state index in [0.717, 1.165) is 17.3 Å². The summed E-state index contributed by atoms with van der Waals surface area (Å²) in [6.07, 6.45) is 0. The second kappa shape index (κ2) is 9.66. The summed E-state index contributed by atoms with van der Waals surface area (Å²) in [6, 6.07) is 16.8. The number of para-hydroxylation sites is 1. The quantitative estimate of drug-likeness (QED) is 0.169. The fourth-order valence-electron chi connectivity index (χ4n) is 3.37. The summed E-state index contributed by atoms with van der Waals surface area (Å²) in [5.74, 6) is -0.581. The van der Waals surface area contributed by atoms with Crippen LogP contribution in [0, 0.1) is 24.0 Å². The summed E-state index contributed by atoms with van der Waals surface area (Å²) in [5, 5.41) is 15.2. The molecule has 1 aromatic heterocycles. The van der Waals surface area contributed by atoms with Crippen LogP contribution in [0.1, 0.15) is 11.1 Å². The number of hydrogen-bond acceptors (Lipinski definition) is 6. The molecular weight excluding hydrogens is 476 g/mol. The average Bonchev–Trinajstić information content (AvgIpc) is 2.81. The van der Waals surface area contributed by atoms with E-state index >= 15 is 0 Å². The molecule has 0 saturated heterocycles. The maximum absolute atomic E-state index is 13.3. The lowest BCUT2D eigenvalue weighted by atomic mass is 10.2. The molecule has 0 saturated carbocycles. The van der Waals surface area contributed by atoms with Crippen molar-refractivity contribution in [1.82, 2.24) is 9.55 Å². The van der Waals surface area contributed by atoms with Crippen LogP contribution in [-0.4, -0.2) is 26.1 Å². The number of halogens is 1. The van der Waals surface area contributed by atoms with Gasteiger partial charge in [0, 0.05) is 11.1 Å². The molecule has 0 aliphatic rings. The Morgan fingerprint density at radius 3 is 2.65 bits per heavy atom. The number of amides is 1. The molecule has 0 spiro atoms. The van der Waals surface area contributed by atoms with Gasteiger partial charge in [-0.1, -0.05) is 47.6 Å². The fourth-order valence-corrected chi connectivity index (χ4v) is 4.36. The SMILES string of the molecule is Cc1ccc(NC(=O)CSc2nc3ccccc3c(=O)n2-c2ccc(C)c(Cl)c2)c([N+](=O)[O-])c1. The largest absolute Gasteiger partial charge is 0.320 e. The van der Waals surface area contributed by atoms with Crippen LogP contribution in [0.2, 0.25) is 5.02 Å². The topological polar surface area (TPSA) is 107 Å². The molecule has 10 heteroatoms. The molecule has 3 aromatic carbocycles. The number of hydrogen-bond donors (Lipinski definition) is 1. The van der Waals surface area contributed by atoms with Gasteiger partial charge in [-0.3, -0.25) is 24.3 Å². The van der Waals surface area contributed by atoms with Gasteiger partial charge < -0.3 is 5.32 Å². The van der Waals surface area contributed by atoms with Crippen LogP contribution in [0.25, 0.3) is 16.6 Å². The molecule has 0 aliphatic carbocycles. The monoisotopic (exact) mass is 494 g/mol. The Morgan fingerprint density at radius 1 is 1.15 bits per heavy atom. The number of thioether (sulfide) groups is 1. The Kier molecular flexibility index (Phi) is 6.67. The number of nitrogens with zero attached hydrogens (tertiary/aromatic N) is 3. The highest BCUT2D eigenvalue weighted by atomic mass is 35.5. The van der Waals surface area contributed by atoms with Gasteiger partial charge in [-0.2, -0.15) is 0 Å². The van der Waals surface area contributed by atoms with Crippen molar-refractivity contribution in [2.24, 2.45) is 0 Å². The molecule has 1 N–H and O–H groups in total. The molecule has 0 bridgehead atoms. The molecule has 34 heavy (non-hydrogen) atoms. The highest BCUT2D eigenvalue weighted by Crippen LogP contribution is 2.27. The molecule has 172 valence electrons. The normalized spacial score (nSPS) is 10.9. The number of rotatable bonds is 6. The van der Waals surface area contributed by atoms with Gasteiger partial charge in [0.15, 0.2) is 5.16 Å². The minimum atomic E-state index is -0.542. The third-order valence-corrected chi connectivity index (χ3v) is 6.46. The van der Waals surface area contributed by atoms with Gasteiger partial charge in [0.2, 0.25) is 5.91 Å². The Morgan fingerprint density at radius 2 is 1.91 bits per heavy atom. The van der Waals surface area contributed by atoms with Crippen LogP contribution in [0.15, 0.2) is 70.6 Å². The standard InChI is InChI=1S/C24H19ClN4O4S/c1-14-7-10-20(21(11-14)29(32)33)26-22(30)13-34-24-27-19-6-4-3-5-17(19)23(31)28(24)16-9-8-15(2)18(25)12-16/h3-12H,13H2,1-2H3,(H,26,30).